The Balaban J connectivity index is 1.95. The zero-order chi connectivity index (χ0) is 10.3. The Labute approximate surface area is 88.4 Å². The monoisotopic (exact) mass is 200 g/mol. The van der Waals surface area contributed by atoms with E-state index in [9.17, 15) is 4.79 Å². The summed E-state index contributed by atoms with van der Waals surface area (Å²) in [5.74, 6) is 0.568. The van der Waals surface area contributed by atoms with Crippen molar-refractivity contribution in [1.82, 2.24) is 9.88 Å². The number of piperidine rings is 1. The van der Waals surface area contributed by atoms with Gasteiger partial charge in [0.25, 0.3) is 0 Å². The summed E-state index contributed by atoms with van der Waals surface area (Å²) in [7, 11) is 0. The third kappa shape index (κ3) is 1.35. The van der Waals surface area contributed by atoms with Crippen LogP contribution in [-0.2, 0) is 4.79 Å². The van der Waals surface area contributed by atoms with Crippen LogP contribution in [-0.4, -0.2) is 28.8 Å². The average molecular weight is 200 g/mol. The van der Waals surface area contributed by atoms with Gasteiger partial charge in [0.05, 0.1) is 5.70 Å². The number of allylic oxidation sites excluding steroid dienone is 1. The molecular weight excluding hydrogens is 188 g/mol. The summed E-state index contributed by atoms with van der Waals surface area (Å²) >= 11 is 0. The molecule has 3 heterocycles. The number of carbonyl (C=O) groups is 1. The first-order valence-corrected chi connectivity index (χ1v) is 5.25. The van der Waals surface area contributed by atoms with Crippen LogP contribution in [0.15, 0.2) is 30.2 Å². The van der Waals surface area contributed by atoms with Gasteiger partial charge in [0.15, 0.2) is 5.78 Å². The predicted molar refractivity (Wildman–Crippen MR) is 56.9 cm³/mol. The highest BCUT2D eigenvalue weighted by molar-refractivity contribution is 6.03. The van der Waals surface area contributed by atoms with Crippen molar-refractivity contribution in [2.24, 2.45) is 5.92 Å². The molecule has 0 aliphatic carbocycles. The lowest BCUT2D eigenvalue weighted by atomic mass is 10.0. The minimum absolute atomic E-state index is 0.257. The van der Waals surface area contributed by atoms with Crippen LogP contribution in [0.4, 0.5) is 0 Å². The summed E-state index contributed by atoms with van der Waals surface area (Å²) in [6.07, 6.45) is 6.51. The zero-order valence-corrected chi connectivity index (χ0v) is 8.39. The molecule has 2 saturated heterocycles. The summed E-state index contributed by atoms with van der Waals surface area (Å²) in [5, 5.41) is 0. The summed E-state index contributed by atoms with van der Waals surface area (Å²) < 4.78 is 0. The molecule has 2 bridgehead atoms. The number of aromatic nitrogens is 1. The van der Waals surface area contributed by atoms with E-state index in [1.54, 1.807) is 12.4 Å². The van der Waals surface area contributed by atoms with Gasteiger partial charge in [0.2, 0.25) is 0 Å². The Hall–Kier alpha value is -1.64. The summed E-state index contributed by atoms with van der Waals surface area (Å²) in [6.45, 7) is 1.95. The Morgan fingerprint density at radius 3 is 3.13 bits per heavy atom. The average Bonchev–Trinajstić information content (AvgIpc) is 2.84. The number of nitrogens with zero attached hydrogens (tertiary/aromatic N) is 2. The van der Waals surface area contributed by atoms with Crippen molar-refractivity contribution in [3.8, 4) is 0 Å². The number of fused-ring (bicyclic) bond motifs is 2. The highest BCUT2D eigenvalue weighted by Gasteiger charge is 2.40. The molecule has 1 atom stereocenters. The van der Waals surface area contributed by atoms with Gasteiger partial charge in [0, 0.05) is 31.4 Å². The Bertz CT molecular complexity index is 425. The topological polar surface area (TPSA) is 33.2 Å². The molecule has 0 radical (unpaired) electrons. The second kappa shape index (κ2) is 3.19. The molecule has 1 aromatic rings. The van der Waals surface area contributed by atoms with Crippen molar-refractivity contribution in [1.29, 1.82) is 0 Å². The molecular formula is C12H12N2O. The van der Waals surface area contributed by atoms with Gasteiger partial charge in [-0.25, -0.2) is 0 Å². The molecule has 2 fully saturated rings. The van der Waals surface area contributed by atoms with E-state index in [1.165, 1.54) is 0 Å². The van der Waals surface area contributed by atoms with Gasteiger partial charge in [0.1, 0.15) is 0 Å². The van der Waals surface area contributed by atoms with Gasteiger partial charge < -0.3 is 4.90 Å². The summed E-state index contributed by atoms with van der Waals surface area (Å²) in [5.41, 5.74) is 1.88. The van der Waals surface area contributed by atoms with Crippen molar-refractivity contribution < 1.29 is 4.79 Å². The second-order valence-corrected chi connectivity index (χ2v) is 4.11. The fraction of sp³-hybridized carbons (Fsp3) is 0.333. The third-order valence-corrected chi connectivity index (χ3v) is 3.14. The predicted octanol–water partition coefficient (Wildman–Crippen LogP) is 1.33. The summed E-state index contributed by atoms with van der Waals surface area (Å²) in [6, 6.07) is 3.86. The molecule has 1 aromatic heterocycles. The first kappa shape index (κ1) is 8.65. The van der Waals surface area contributed by atoms with E-state index in [-0.39, 0.29) is 5.92 Å². The fourth-order valence-electron chi connectivity index (χ4n) is 2.34. The number of carbonyl (C=O) groups excluding carboxylic acids is 1. The first-order valence-electron chi connectivity index (χ1n) is 5.25. The van der Waals surface area contributed by atoms with E-state index in [0.29, 0.717) is 5.78 Å². The van der Waals surface area contributed by atoms with Crippen LogP contribution in [0.1, 0.15) is 12.0 Å². The maximum atomic E-state index is 11.8. The molecule has 0 aromatic carbocycles. The van der Waals surface area contributed by atoms with Crippen molar-refractivity contribution in [2.75, 3.05) is 13.1 Å². The van der Waals surface area contributed by atoms with Crippen molar-refractivity contribution in [2.45, 2.75) is 6.42 Å². The molecule has 0 saturated carbocycles. The Morgan fingerprint density at radius 2 is 2.47 bits per heavy atom. The molecule has 2 aliphatic heterocycles. The molecule has 0 spiro atoms. The van der Waals surface area contributed by atoms with Crippen molar-refractivity contribution >= 4 is 11.9 Å². The van der Waals surface area contributed by atoms with Crippen LogP contribution >= 0.6 is 0 Å². The quantitative estimate of drug-likeness (QED) is 0.641. The number of Topliss-reactive ketones (excluding diaryl/α,β-unsaturated/α-hetero) is 1. The van der Waals surface area contributed by atoms with E-state index in [0.717, 1.165) is 30.8 Å². The van der Waals surface area contributed by atoms with Crippen molar-refractivity contribution in [3.05, 3.63) is 35.8 Å². The molecule has 1 unspecified atom stereocenters. The van der Waals surface area contributed by atoms with E-state index in [4.69, 9.17) is 0 Å². The molecule has 0 amide bonds. The van der Waals surface area contributed by atoms with Crippen LogP contribution in [0.3, 0.4) is 0 Å². The van der Waals surface area contributed by atoms with Crippen LogP contribution < -0.4 is 0 Å². The number of hydrogen-bond acceptors (Lipinski definition) is 3. The lowest BCUT2D eigenvalue weighted by molar-refractivity contribution is -0.118. The third-order valence-electron chi connectivity index (χ3n) is 3.14. The molecule has 3 nitrogen and oxygen atoms in total. The highest BCUT2D eigenvalue weighted by atomic mass is 16.1. The lowest BCUT2D eigenvalue weighted by Gasteiger charge is -2.16. The second-order valence-electron chi connectivity index (χ2n) is 4.11. The smallest absolute Gasteiger partial charge is 0.183 e. The van der Waals surface area contributed by atoms with Crippen LogP contribution in [0.25, 0.3) is 6.08 Å². The minimum Gasteiger partial charge on any atom is -0.368 e. The van der Waals surface area contributed by atoms with E-state index >= 15 is 0 Å². The maximum Gasteiger partial charge on any atom is 0.183 e. The molecule has 3 heteroatoms. The van der Waals surface area contributed by atoms with Gasteiger partial charge in [-0.15, -0.1) is 0 Å². The Morgan fingerprint density at radius 1 is 1.53 bits per heavy atom. The van der Waals surface area contributed by atoms with Gasteiger partial charge in [-0.05, 0) is 24.1 Å². The highest BCUT2D eigenvalue weighted by Crippen LogP contribution is 2.33. The van der Waals surface area contributed by atoms with E-state index in [1.807, 2.05) is 18.2 Å². The summed E-state index contributed by atoms with van der Waals surface area (Å²) in [4.78, 5) is 18.1. The molecule has 76 valence electrons. The standard InChI is InChI=1S/C12H12N2O/c15-12-10-3-5-14(8-10)11(12)6-9-2-1-4-13-7-9/h1-2,4,6-7,10H,3,5,8H2. The fourth-order valence-corrected chi connectivity index (χ4v) is 2.34. The SMILES string of the molecule is O=C1C(=Cc2cccnc2)N2CCC1C2. The largest absolute Gasteiger partial charge is 0.368 e. The number of hydrogen-bond donors (Lipinski definition) is 0. The number of rotatable bonds is 1. The number of pyridine rings is 1. The van der Waals surface area contributed by atoms with Crippen LogP contribution in [0.5, 0.6) is 0 Å². The zero-order valence-electron chi connectivity index (χ0n) is 8.39. The van der Waals surface area contributed by atoms with E-state index < -0.39 is 0 Å². The normalized spacial score (nSPS) is 26.7. The number of ketones is 1. The molecule has 2 aliphatic rings. The Kier molecular flexibility index (Phi) is 1.84. The lowest BCUT2D eigenvalue weighted by Crippen LogP contribution is -2.20. The first-order chi connectivity index (χ1) is 7.34. The molecule has 3 rings (SSSR count). The van der Waals surface area contributed by atoms with Crippen molar-refractivity contribution in [3.63, 3.8) is 0 Å². The molecule has 15 heavy (non-hydrogen) atoms. The van der Waals surface area contributed by atoms with Gasteiger partial charge >= 0.3 is 0 Å². The van der Waals surface area contributed by atoms with Crippen LogP contribution in [0.2, 0.25) is 0 Å². The van der Waals surface area contributed by atoms with Gasteiger partial charge in [-0.3, -0.25) is 9.78 Å². The van der Waals surface area contributed by atoms with Gasteiger partial charge in [-0.1, -0.05) is 6.07 Å². The van der Waals surface area contributed by atoms with E-state index in [2.05, 4.69) is 9.88 Å². The van der Waals surface area contributed by atoms with Gasteiger partial charge in [-0.2, -0.15) is 0 Å². The maximum absolute atomic E-state index is 11.8. The van der Waals surface area contributed by atoms with Crippen LogP contribution in [0, 0.1) is 5.92 Å². The minimum atomic E-state index is 0.257. The molecule has 0 N–H and O–H groups in total.